The summed E-state index contributed by atoms with van der Waals surface area (Å²) in [4.78, 5) is 5.90. The van der Waals surface area contributed by atoms with E-state index in [-0.39, 0.29) is 0 Å². The summed E-state index contributed by atoms with van der Waals surface area (Å²) in [6, 6.07) is 0.527. The van der Waals surface area contributed by atoms with E-state index in [1.807, 2.05) is 0 Å². The molecule has 2 heteroatoms. The topological polar surface area (TPSA) is 3.24 Å². The van der Waals surface area contributed by atoms with Crippen LogP contribution in [0.2, 0.25) is 0 Å². The second-order valence-electron chi connectivity index (χ2n) is 8.89. The van der Waals surface area contributed by atoms with E-state index in [0.29, 0.717) is 17.4 Å². The molecule has 4 rings (SSSR count). The van der Waals surface area contributed by atoms with Crippen LogP contribution < -0.4 is 0 Å². The molecule has 2 aliphatic carbocycles. The molecule has 3 aliphatic rings. The lowest BCUT2D eigenvalue weighted by Gasteiger charge is -2.33. The lowest BCUT2D eigenvalue weighted by atomic mass is 9.74. The molecule has 25 heavy (non-hydrogen) atoms. The Morgan fingerprint density at radius 1 is 1.20 bits per heavy atom. The van der Waals surface area contributed by atoms with E-state index in [1.54, 1.807) is 15.3 Å². The van der Waals surface area contributed by atoms with Crippen molar-refractivity contribution >= 4 is 16.9 Å². The van der Waals surface area contributed by atoms with E-state index < -0.39 is 0 Å². The number of fused-ring (bicyclic) bond motifs is 1. The maximum Gasteiger partial charge on any atom is 0.0393 e. The van der Waals surface area contributed by atoms with Crippen LogP contribution in [0.4, 0.5) is 0 Å². The van der Waals surface area contributed by atoms with Gasteiger partial charge in [0.25, 0.3) is 0 Å². The van der Waals surface area contributed by atoms with Gasteiger partial charge in [0.1, 0.15) is 0 Å². The van der Waals surface area contributed by atoms with Crippen molar-refractivity contribution in [3.8, 4) is 0 Å². The number of likely N-dealkylation sites (tertiary alicyclic amines) is 1. The van der Waals surface area contributed by atoms with Gasteiger partial charge in [-0.2, -0.15) is 0 Å². The van der Waals surface area contributed by atoms with Crippen LogP contribution in [0.15, 0.2) is 30.9 Å². The summed E-state index contributed by atoms with van der Waals surface area (Å²) in [5.41, 5.74) is 4.80. The maximum atomic E-state index is 4.38. The van der Waals surface area contributed by atoms with Crippen molar-refractivity contribution in [3.63, 3.8) is 0 Å². The zero-order valence-electron chi connectivity index (χ0n) is 16.0. The first-order valence-corrected chi connectivity index (χ1v) is 10.7. The molecule has 2 heterocycles. The summed E-state index contributed by atoms with van der Waals surface area (Å²) in [6.07, 6.45) is 15.8. The molecule has 1 aromatic heterocycles. The van der Waals surface area contributed by atoms with Crippen LogP contribution in [0, 0.1) is 5.41 Å². The molecule has 0 N–H and O–H groups in total. The highest BCUT2D eigenvalue weighted by Crippen LogP contribution is 2.47. The lowest BCUT2D eigenvalue weighted by molar-refractivity contribution is 0.267. The van der Waals surface area contributed by atoms with Gasteiger partial charge in [0, 0.05) is 21.7 Å². The Labute approximate surface area is 157 Å². The first-order chi connectivity index (χ1) is 12.0. The molecular formula is C23H31NS. The second-order valence-corrected chi connectivity index (χ2v) is 10.0. The number of hydrogen-bond donors (Lipinski definition) is 0. The van der Waals surface area contributed by atoms with Gasteiger partial charge in [-0.25, -0.2) is 0 Å². The third-order valence-electron chi connectivity index (χ3n) is 6.20. The second kappa shape index (κ2) is 6.55. The maximum absolute atomic E-state index is 4.38. The van der Waals surface area contributed by atoms with Crippen molar-refractivity contribution < 1.29 is 0 Å². The molecule has 1 fully saturated rings. The van der Waals surface area contributed by atoms with Crippen molar-refractivity contribution in [1.82, 2.24) is 4.90 Å². The van der Waals surface area contributed by atoms with Gasteiger partial charge in [0.05, 0.1) is 0 Å². The van der Waals surface area contributed by atoms with Crippen molar-refractivity contribution in [2.75, 3.05) is 13.1 Å². The van der Waals surface area contributed by atoms with E-state index in [4.69, 9.17) is 0 Å². The fourth-order valence-corrected chi connectivity index (χ4v) is 6.39. The molecule has 134 valence electrons. The smallest absolute Gasteiger partial charge is 0.0393 e. The predicted octanol–water partition coefficient (Wildman–Crippen LogP) is 5.97. The number of allylic oxidation sites excluding steroid dienone is 3. The van der Waals surface area contributed by atoms with Gasteiger partial charge in [-0.05, 0) is 74.2 Å². The number of thiophene rings is 1. The Morgan fingerprint density at radius 2 is 1.92 bits per heavy atom. The molecular weight excluding hydrogens is 322 g/mol. The van der Waals surface area contributed by atoms with Gasteiger partial charge in [-0.3, -0.25) is 4.90 Å². The van der Waals surface area contributed by atoms with Crippen molar-refractivity contribution in [2.45, 2.75) is 64.8 Å². The van der Waals surface area contributed by atoms with Crippen LogP contribution >= 0.6 is 11.3 Å². The number of nitrogens with zero attached hydrogens (tertiary/aromatic N) is 1. The monoisotopic (exact) mass is 353 g/mol. The van der Waals surface area contributed by atoms with Crippen LogP contribution in [0.3, 0.4) is 0 Å². The van der Waals surface area contributed by atoms with Crippen LogP contribution in [0.1, 0.15) is 66.8 Å². The summed E-state index contributed by atoms with van der Waals surface area (Å²) < 4.78 is 0. The zero-order chi connectivity index (χ0) is 17.6. The number of rotatable bonds is 3. The van der Waals surface area contributed by atoms with Crippen LogP contribution in [-0.2, 0) is 12.8 Å². The van der Waals surface area contributed by atoms with Gasteiger partial charge >= 0.3 is 0 Å². The Balaban J connectivity index is 1.76. The molecule has 0 saturated carbocycles. The SMILES string of the molecule is C=C(C)c1c(C2C=CC=CC2N2CCCC2)sc2c1CC(C)(C)CC2. The molecule has 1 aromatic rings. The average molecular weight is 354 g/mol. The summed E-state index contributed by atoms with van der Waals surface area (Å²) in [6.45, 7) is 13.9. The molecule has 0 aromatic carbocycles. The molecule has 1 nitrogen and oxygen atoms in total. The molecule has 1 aliphatic heterocycles. The minimum absolute atomic E-state index is 0.423. The minimum Gasteiger partial charge on any atom is -0.296 e. The van der Waals surface area contributed by atoms with E-state index >= 15 is 0 Å². The summed E-state index contributed by atoms with van der Waals surface area (Å²) in [5.74, 6) is 0.494. The minimum atomic E-state index is 0.423. The van der Waals surface area contributed by atoms with Crippen LogP contribution in [-0.4, -0.2) is 24.0 Å². The molecule has 0 radical (unpaired) electrons. The van der Waals surface area contributed by atoms with Gasteiger partial charge in [-0.15, -0.1) is 11.3 Å². The lowest BCUT2D eigenvalue weighted by Crippen LogP contribution is -2.36. The molecule has 0 amide bonds. The molecule has 0 spiro atoms. The van der Waals surface area contributed by atoms with Gasteiger partial charge in [-0.1, -0.05) is 44.7 Å². The van der Waals surface area contributed by atoms with Crippen LogP contribution in [0.25, 0.3) is 5.57 Å². The first-order valence-electron chi connectivity index (χ1n) is 9.86. The normalized spacial score (nSPS) is 28.3. The highest BCUT2D eigenvalue weighted by atomic mass is 32.1. The summed E-state index contributed by atoms with van der Waals surface area (Å²) in [5, 5.41) is 0. The van der Waals surface area contributed by atoms with Crippen molar-refractivity contribution in [1.29, 1.82) is 0 Å². The van der Waals surface area contributed by atoms with E-state index in [2.05, 4.69) is 67.9 Å². The standard InChI is InChI=1S/C23H31NS/c1-16(2)21-18-15-23(3,4)12-11-20(18)25-22(21)17-9-5-6-10-19(17)24-13-7-8-14-24/h5-6,9-10,17,19H,1,7-8,11-15H2,2-4H3. The first kappa shape index (κ1) is 17.3. The average Bonchev–Trinajstić information content (AvgIpc) is 3.21. The predicted molar refractivity (Wildman–Crippen MR) is 110 cm³/mol. The molecule has 2 atom stereocenters. The summed E-state index contributed by atoms with van der Waals surface area (Å²) >= 11 is 2.09. The third kappa shape index (κ3) is 3.19. The molecule has 2 unspecified atom stereocenters. The van der Waals surface area contributed by atoms with Gasteiger partial charge < -0.3 is 0 Å². The third-order valence-corrected chi connectivity index (χ3v) is 7.59. The van der Waals surface area contributed by atoms with Crippen molar-refractivity contribution in [3.05, 3.63) is 51.8 Å². The summed E-state index contributed by atoms with van der Waals surface area (Å²) in [7, 11) is 0. The van der Waals surface area contributed by atoms with E-state index in [0.717, 1.165) is 0 Å². The number of hydrogen-bond acceptors (Lipinski definition) is 2. The quantitative estimate of drug-likeness (QED) is 0.647. The number of aryl methyl sites for hydroxylation is 1. The highest BCUT2D eigenvalue weighted by Gasteiger charge is 2.35. The van der Waals surface area contributed by atoms with Crippen molar-refractivity contribution in [2.24, 2.45) is 5.41 Å². The molecule has 0 bridgehead atoms. The molecule has 1 saturated heterocycles. The Morgan fingerprint density at radius 3 is 2.64 bits per heavy atom. The van der Waals surface area contributed by atoms with E-state index in [9.17, 15) is 0 Å². The Hall–Kier alpha value is -1.12. The van der Waals surface area contributed by atoms with Gasteiger partial charge in [0.15, 0.2) is 0 Å². The zero-order valence-corrected chi connectivity index (χ0v) is 16.8. The fraction of sp³-hybridized carbons (Fsp3) is 0.565. The van der Waals surface area contributed by atoms with Crippen LogP contribution in [0.5, 0.6) is 0 Å². The fourth-order valence-electron chi connectivity index (χ4n) is 4.87. The van der Waals surface area contributed by atoms with E-state index in [1.165, 1.54) is 56.3 Å². The van der Waals surface area contributed by atoms with Gasteiger partial charge in [0.2, 0.25) is 0 Å². The Kier molecular flexibility index (Phi) is 4.54. The highest BCUT2D eigenvalue weighted by molar-refractivity contribution is 7.12. The largest absolute Gasteiger partial charge is 0.296 e. The Bertz CT molecular complexity index is 728.